The van der Waals surface area contributed by atoms with Crippen molar-refractivity contribution in [2.24, 2.45) is 5.92 Å². The van der Waals surface area contributed by atoms with Gasteiger partial charge in [-0.15, -0.1) is 0 Å². The number of alkyl halides is 1. The molecular formula is C8H10INO2. The van der Waals surface area contributed by atoms with E-state index in [0.717, 1.165) is 10.0 Å². The summed E-state index contributed by atoms with van der Waals surface area (Å²) in [6.07, 6.45) is 4.47. The Labute approximate surface area is 84.8 Å². The number of hydrogen-bond acceptors (Lipinski definition) is 2. The quantitative estimate of drug-likeness (QED) is 0.337. The van der Waals surface area contributed by atoms with Crippen molar-refractivity contribution in [3.8, 4) is 0 Å². The van der Waals surface area contributed by atoms with Gasteiger partial charge in [-0.1, -0.05) is 41.7 Å². The molecule has 1 unspecified atom stereocenters. The van der Waals surface area contributed by atoms with E-state index >= 15 is 0 Å². The Balaban J connectivity index is 2.94. The van der Waals surface area contributed by atoms with Crippen molar-refractivity contribution in [1.82, 2.24) is 0 Å². The topological polar surface area (TPSA) is 43.1 Å². The summed E-state index contributed by atoms with van der Waals surface area (Å²) in [5.41, 5.74) is 1.25. The molecule has 1 atom stereocenters. The van der Waals surface area contributed by atoms with Crippen LogP contribution in [0.3, 0.4) is 0 Å². The van der Waals surface area contributed by atoms with Gasteiger partial charge >= 0.3 is 0 Å². The Morgan fingerprint density at radius 1 is 1.83 bits per heavy atom. The molecule has 0 aromatic heterocycles. The summed E-state index contributed by atoms with van der Waals surface area (Å²) >= 11 is 2.15. The molecular weight excluding hydrogens is 269 g/mol. The van der Waals surface area contributed by atoms with E-state index in [-0.39, 0.29) is 4.92 Å². The number of allylic oxidation sites excluding steroid dienone is 4. The lowest BCUT2D eigenvalue weighted by Gasteiger charge is -2.11. The van der Waals surface area contributed by atoms with Crippen LogP contribution in [0.15, 0.2) is 23.4 Å². The number of hydrogen-bond donors (Lipinski definition) is 0. The summed E-state index contributed by atoms with van der Waals surface area (Å²) in [4.78, 5) is 10.3. The van der Waals surface area contributed by atoms with Gasteiger partial charge in [0.15, 0.2) is 0 Å². The fourth-order valence-electron chi connectivity index (χ4n) is 1.19. The Kier molecular flexibility index (Phi) is 3.25. The Morgan fingerprint density at radius 3 is 3.00 bits per heavy atom. The minimum atomic E-state index is -0.256. The van der Waals surface area contributed by atoms with Crippen molar-refractivity contribution in [2.75, 3.05) is 4.43 Å². The number of nitro groups is 1. The van der Waals surface area contributed by atoms with E-state index < -0.39 is 0 Å². The molecule has 0 saturated heterocycles. The van der Waals surface area contributed by atoms with Gasteiger partial charge in [0.25, 0.3) is 5.70 Å². The van der Waals surface area contributed by atoms with Crippen LogP contribution in [-0.2, 0) is 0 Å². The fourth-order valence-corrected chi connectivity index (χ4v) is 1.89. The molecule has 66 valence electrons. The predicted octanol–water partition coefficient (Wildman–Crippen LogP) is 2.55. The van der Waals surface area contributed by atoms with E-state index in [1.165, 1.54) is 0 Å². The molecule has 1 aliphatic carbocycles. The fraction of sp³-hybridized carbons (Fsp3) is 0.500. The zero-order valence-electron chi connectivity index (χ0n) is 6.79. The third-order valence-electron chi connectivity index (χ3n) is 1.88. The van der Waals surface area contributed by atoms with Crippen LogP contribution < -0.4 is 0 Å². The summed E-state index contributed by atoms with van der Waals surface area (Å²) in [6.45, 7) is 1.99. The van der Waals surface area contributed by atoms with Gasteiger partial charge in [0.1, 0.15) is 0 Å². The van der Waals surface area contributed by atoms with Gasteiger partial charge in [-0.25, -0.2) is 0 Å². The summed E-state index contributed by atoms with van der Waals surface area (Å²) in [5.74, 6) is 0.303. The average Bonchev–Trinajstić information content (AvgIpc) is 2.04. The molecule has 0 bridgehead atoms. The molecule has 1 rings (SSSR count). The first-order valence-corrected chi connectivity index (χ1v) is 5.28. The summed E-state index contributed by atoms with van der Waals surface area (Å²) in [7, 11) is 0. The molecule has 0 heterocycles. The summed E-state index contributed by atoms with van der Waals surface area (Å²) < 4.78 is 0.720. The molecule has 0 spiro atoms. The maximum atomic E-state index is 10.6. The lowest BCUT2D eigenvalue weighted by atomic mass is 9.96. The van der Waals surface area contributed by atoms with Crippen LogP contribution >= 0.6 is 22.6 Å². The molecule has 1 aliphatic rings. The van der Waals surface area contributed by atoms with Crippen molar-refractivity contribution in [3.05, 3.63) is 33.5 Å². The molecule has 0 aromatic carbocycles. The van der Waals surface area contributed by atoms with Crippen LogP contribution in [0.2, 0.25) is 0 Å². The molecule has 3 nitrogen and oxygen atoms in total. The normalized spacial score (nSPS) is 23.0. The minimum Gasteiger partial charge on any atom is -0.259 e. The third-order valence-corrected chi connectivity index (χ3v) is 2.70. The second kappa shape index (κ2) is 4.02. The average molecular weight is 279 g/mol. The maximum absolute atomic E-state index is 10.6. The monoisotopic (exact) mass is 279 g/mol. The largest absolute Gasteiger partial charge is 0.259 e. The van der Waals surface area contributed by atoms with Crippen LogP contribution in [0, 0.1) is 16.0 Å². The van der Waals surface area contributed by atoms with Crippen molar-refractivity contribution in [3.63, 3.8) is 0 Å². The number of rotatable bonds is 2. The van der Waals surface area contributed by atoms with Gasteiger partial charge in [-0.3, -0.25) is 10.1 Å². The first kappa shape index (κ1) is 9.70. The lowest BCUT2D eigenvalue weighted by molar-refractivity contribution is -0.429. The highest BCUT2D eigenvalue weighted by Gasteiger charge is 2.21. The number of halogens is 1. The standard InChI is InChI=1S/C8H10INO2/c1-6-2-3-7(5-9)8(4-6)10(11)12/h2-3,6H,4-5H2,1H3. The molecule has 0 radical (unpaired) electrons. The second-order valence-corrected chi connectivity index (χ2v) is 3.67. The molecule has 4 heteroatoms. The van der Waals surface area contributed by atoms with Crippen molar-refractivity contribution in [2.45, 2.75) is 13.3 Å². The van der Waals surface area contributed by atoms with E-state index in [0.29, 0.717) is 18.0 Å². The van der Waals surface area contributed by atoms with E-state index in [2.05, 4.69) is 22.6 Å². The molecule has 12 heavy (non-hydrogen) atoms. The zero-order valence-corrected chi connectivity index (χ0v) is 8.95. The highest BCUT2D eigenvalue weighted by molar-refractivity contribution is 14.1. The van der Waals surface area contributed by atoms with E-state index in [4.69, 9.17) is 0 Å². The highest BCUT2D eigenvalue weighted by Crippen LogP contribution is 2.24. The van der Waals surface area contributed by atoms with Crippen LogP contribution in [0.4, 0.5) is 0 Å². The van der Waals surface area contributed by atoms with Crippen LogP contribution in [0.25, 0.3) is 0 Å². The van der Waals surface area contributed by atoms with E-state index in [9.17, 15) is 10.1 Å². The molecule has 0 aromatic rings. The van der Waals surface area contributed by atoms with Gasteiger partial charge in [-0.05, 0) is 5.92 Å². The molecule has 0 N–H and O–H groups in total. The second-order valence-electron chi connectivity index (χ2n) is 2.90. The first-order chi connectivity index (χ1) is 5.65. The Hall–Kier alpha value is -0.390. The van der Waals surface area contributed by atoms with E-state index in [1.807, 2.05) is 19.1 Å². The number of nitrogens with zero attached hydrogens (tertiary/aromatic N) is 1. The van der Waals surface area contributed by atoms with Crippen LogP contribution in [-0.4, -0.2) is 9.35 Å². The lowest BCUT2D eigenvalue weighted by Crippen LogP contribution is -2.10. The highest BCUT2D eigenvalue weighted by atomic mass is 127. The van der Waals surface area contributed by atoms with Crippen LogP contribution in [0.5, 0.6) is 0 Å². The van der Waals surface area contributed by atoms with Crippen molar-refractivity contribution >= 4 is 22.6 Å². The van der Waals surface area contributed by atoms with Gasteiger partial charge in [-0.2, -0.15) is 0 Å². The molecule has 0 aliphatic heterocycles. The van der Waals surface area contributed by atoms with Crippen LogP contribution in [0.1, 0.15) is 13.3 Å². The minimum absolute atomic E-state index is 0.256. The van der Waals surface area contributed by atoms with Gasteiger partial charge in [0.05, 0.1) is 4.92 Å². The maximum Gasteiger partial charge on any atom is 0.250 e. The summed E-state index contributed by atoms with van der Waals surface area (Å²) in [6, 6.07) is 0. The molecule has 0 saturated carbocycles. The van der Waals surface area contributed by atoms with Crippen molar-refractivity contribution < 1.29 is 4.92 Å². The van der Waals surface area contributed by atoms with Crippen molar-refractivity contribution in [1.29, 1.82) is 0 Å². The van der Waals surface area contributed by atoms with Gasteiger partial charge in [0.2, 0.25) is 0 Å². The third kappa shape index (κ3) is 2.06. The van der Waals surface area contributed by atoms with E-state index in [1.54, 1.807) is 0 Å². The van der Waals surface area contributed by atoms with Gasteiger partial charge < -0.3 is 0 Å². The Bertz CT molecular complexity index is 258. The zero-order chi connectivity index (χ0) is 9.14. The smallest absolute Gasteiger partial charge is 0.250 e. The first-order valence-electron chi connectivity index (χ1n) is 3.75. The van der Waals surface area contributed by atoms with Gasteiger partial charge in [0, 0.05) is 16.4 Å². The summed E-state index contributed by atoms with van der Waals surface area (Å²) in [5, 5.41) is 10.6. The molecule has 0 amide bonds. The molecule has 0 fully saturated rings. The SMILES string of the molecule is CC1C=CC(CI)=C([N+](=O)[O-])C1. The predicted molar refractivity (Wildman–Crippen MR) is 55.8 cm³/mol. The Morgan fingerprint density at radius 2 is 2.50 bits per heavy atom.